The number of carbonyl (C=O) groups is 2. The minimum absolute atomic E-state index is 0.0774. The molecule has 1 heterocycles. The normalized spacial score (nSPS) is 16.4. The summed E-state index contributed by atoms with van der Waals surface area (Å²) >= 11 is 0. The maximum Gasteiger partial charge on any atom is 0.337 e. The van der Waals surface area contributed by atoms with Gasteiger partial charge in [-0.3, -0.25) is 4.79 Å². The van der Waals surface area contributed by atoms with Crippen LogP contribution in [0.4, 0.5) is 5.69 Å². The number of benzene rings is 1. The van der Waals surface area contributed by atoms with E-state index in [1.54, 1.807) is 17.0 Å². The first-order valence-corrected chi connectivity index (χ1v) is 7.84. The van der Waals surface area contributed by atoms with Crippen LogP contribution in [0.25, 0.3) is 0 Å². The third kappa shape index (κ3) is 4.01. The van der Waals surface area contributed by atoms with E-state index in [1.807, 2.05) is 26.0 Å². The Balaban J connectivity index is 1.94. The van der Waals surface area contributed by atoms with E-state index in [4.69, 9.17) is 0 Å². The molecule has 0 spiro atoms. The van der Waals surface area contributed by atoms with Gasteiger partial charge in [-0.2, -0.15) is 0 Å². The number of piperazine rings is 1. The fourth-order valence-electron chi connectivity index (χ4n) is 2.58. The predicted octanol–water partition coefficient (Wildman–Crippen LogP) is 1.14. The first kappa shape index (κ1) is 17.3. The number of methoxy groups -OCH3 is 1. The van der Waals surface area contributed by atoms with Crippen LogP contribution in [0.2, 0.25) is 0 Å². The van der Waals surface area contributed by atoms with Gasteiger partial charge in [-0.15, -0.1) is 0 Å². The van der Waals surface area contributed by atoms with Crippen molar-refractivity contribution in [1.82, 2.24) is 4.90 Å². The molecule has 6 nitrogen and oxygen atoms in total. The molecule has 1 atom stereocenters. The number of hydrogen-bond acceptors (Lipinski definition) is 5. The van der Waals surface area contributed by atoms with Crippen molar-refractivity contribution >= 4 is 17.6 Å². The molecular formula is C17H24N2O4. The van der Waals surface area contributed by atoms with Gasteiger partial charge in [-0.1, -0.05) is 13.8 Å². The van der Waals surface area contributed by atoms with Crippen LogP contribution in [0.3, 0.4) is 0 Å². The lowest BCUT2D eigenvalue weighted by Crippen LogP contribution is -2.52. The van der Waals surface area contributed by atoms with Crippen molar-refractivity contribution in [2.24, 2.45) is 5.92 Å². The van der Waals surface area contributed by atoms with Gasteiger partial charge < -0.3 is 19.6 Å². The van der Waals surface area contributed by atoms with Gasteiger partial charge >= 0.3 is 5.97 Å². The largest absolute Gasteiger partial charge is 0.465 e. The number of aliphatic hydroxyl groups is 1. The summed E-state index contributed by atoms with van der Waals surface area (Å²) in [5, 5.41) is 9.89. The standard InChI is InChI=1S/C17H24N2O4/c1-12(2)15(20)16(21)19-10-8-18(9-11-19)14-6-4-13(5-7-14)17(22)23-3/h4-7,12,15,20H,8-11H2,1-3H3/t15-/m0/s1. The number of ether oxygens (including phenoxy) is 1. The van der Waals surface area contributed by atoms with Crippen LogP contribution in [-0.4, -0.2) is 61.3 Å². The zero-order chi connectivity index (χ0) is 17.0. The van der Waals surface area contributed by atoms with E-state index in [1.165, 1.54) is 7.11 Å². The van der Waals surface area contributed by atoms with Gasteiger partial charge in [-0.05, 0) is 30.2 Å². The zero-order valence-corrected chi connectivity index (χ0v) is 13.9. The molecule has 1 aromatic rings. The van der Waals surface area contributed by atoms with Crippen molar-refractivity contribution in [1.29, 1.82) is 0 Å². The van der Waals surface area contributed by atoms with Gasteiger partial charge in [0.15, 0.2) is 0 Å². The summed E-state index contributed by atoms with van der Waals surface area (Å²) in [6, 6.07) is 7.24. The number of aliphatic hydroxyl groups excluding tert-OH is 1. The first-order valence-electron chi connectivity index (χ1n) is 7.84. The summed E-state index contributed by atoms with van der Waals surface area (Å²) in [7, 11) is 1.36. The molecular weight excluding hydrogens is 296 g/mol. The average Bonchev–Trinajstić information content (AvgIpc) is 2.60. The summed E-state index contributed by atoms with van der Waals surface area (Å²) in [4.78, 5) is 27.4. The first-order chi connectivity index (χ1) is 10.9. The van der Waals surface area contributed by atoms with E-state index in [2.05, 4.69) is 9.64 Å². The minimum atomic E-state index is -0.930. The van der Waals surface area contributed by atoms with Crippen molar-refractivity contribution in [3.05, 3.63) is 29.8 Å². The molecule has 0 aromatic heterocycles. The molecule has 0 radical (unpaired) electrons. The Morgan fingerprint density at radius 2 is 1.65 bits per heavy atom. The van der Waals surface area contributed by atoms with Crippen LogP contribution < -0.4 is 4.90 Å². The van der Waals surface area contributed by atoms with Crippen molar-refractivity contribution < 1.29 is 19.4 Å². The third-order valence-electron chi connectivity index (χ3n) is 4.13. The Labute approximate surface area is 136 Å². The SMILES string of the molecule is COC(=O)c1ccc(N2CCN(C(=O)[C@@H](O)C(C)C)CC2)cc1. The predicted molar refractivity (Wildman–Crippen MR) is 87.4 cm³/mol. The molecule has 1 aliphatic heterocycles. The molecule has 6 heteroatoms. The van der Waals surface area contributed by atoms with E-state index in [0.717, 1.165) is 5.69 Å². The molecule has 126 valence electrons. The topological polar surface area (TPSA) is 70.1 Å². The fraction of sp³-hybridized carbons (Fsp3) is 0.529. The molecule has 0 saturated carbocycles. The average molecular weight is 320 g/mol. The van der Waals surface area contributed by atoms with E-state index in [0.29, 0.717) is 31.7 Å². The summed E-state index contributed by atoms with van der Waals surface area (Å²) < 4.78 is 4.68. The fourth-order valence-corrected chi connectivity index (χ4v) is 2.58. The van der Waals surface area contributed by atoms with Gasteiger partial charge in [0, 0.05) is 31.9 Å². The highest BCUT2D eigenvalue weighted by Gasteiger charge is 2.27. The van der Waals surface area contributed by atoms with Gasteiger partial charge in [0.25, 0.3) is 5.91 Å². The number of amides is 1. The van der Waals surface area contributed by atoms with Gasteiger partial charge in [0.05, 0.1) is 12.7 Å². The van der Waals surface area contributed by atoms with Gasteiger partial charge in [0.2, 0.25) is 0 Å². The van der Waals surface area contributed by atoms with Crippen molar-refractivity contribution in [2.45, 2.75) is 20.0 Å². The molecule has 1 aromatic carbocycles. The molecule has 1 fully saturated rings. The second-order valence-corrected chi connectivity index (χ2v) is 6.04. The molecule has 0 bridgehead atoms. The minimum Gasteiger partial charge on any atom is -0.465 e. The van der Waals surface area contributed by atoms with Crippen LogP contribution in [-0.2, 0) is 9.53 Å². The van der Waals surface area contributed by atoms with E-state index >= 15 is 0 Å². The number of carbonyl (C=O) groups excluding carboxylic acids is 2. The van der Waals surface area contributed by atoms with Crippen LogP contribution >= 0.6 is 0 Å². The van der Waals surface area contributed by atoms with Crippen LogP contribution in [0.15, 0.2) is 24.3 Å². The highest BCUT2D eigenvalue weighted by molar-refractivity contribution is 5.89. The molecule has 1 N–H and O–H groups in total. The molecule has 1 aliphatic rings. The monoisotopic (exact) mass is 320 g/mol. The number of esters is 1. The van der Waals surface area contributed by atoms with Crippen LogP contribution in [0.1, 0.15) is 24.2 Å². The molecule has 1 amide bonds. The smallest absolute Gasteiger partial charge is 0.337 e. The Hall–Kier alpha value is -2.08. The Kier molecular flexibility index (Phi) is 5.60. The summed E-state index contributed by atoms with van der Waals surface area (Å²) in [6.45, 7) is 6.24. The lowest BCUT2D eigenvalue weighted by molar-refractivity contribution is -0.142. The summed E-state index contributed by atoms with van der Waals surface area (Å²) in [5.74, 6) is -0.623. The molecule has 0 unspecified atom stereocenters. The number of nitrogens with zero attached hydrogens (tertiary/aromatic N) is 2. The summed E-state index contributed by atoms with van der Waals surface area (Å²) in [5.41, 5.74) is 1.53. The number of rotatable bonds is 4. The van der Waals surface area contributed by atoms with Gasteiger partial charge in [-0.25, -0.2) is 4.79 Å². The second-order valence-electron chi connectivity index (χ2n) is 6.04. The lowest BCUT2D eigenvalue weighted by Gasteiger charge is -2.37. The summed E-state index contributed by atoms with van der Waals surface area (Å²) in [6.07, 6.45) is -0.930. The highest BCUT2D eigenvalue weighted by atomic mass is 16.5. The molecule has 0 aliphatic carbocycles. The highest BCUT2D eigenvalue weighted by Crippen LogP contribution is 2.18. The van der Waals surface area contributed by atoms with E-state index < -0.39 is 6.10 Å². The maximum absolute atomic E-state index is 12.1. The Bertz CT molecular complexity index is 548. The Morgan fingerprint density at radius 1 is 1.09 bits per heavy atom. The molecule has 23 heavy (non-hydrogen) atoms. The lowest BCUT2D eigenvalue weighted by atomic mass is 10.1. The second kappa shape index (κ2) is 7.46. The molecule has 1 saturated heterocycles. The third-order valence-corrected chi connectivity index (χ3v) is 4.13. The van der Waals surface area contributed by atoms with Gasteiger partial charge in [0.1, 0.15) is 6.10 Å². The van der Waals surface area contributed by atoms with Crippen molar-refractivity contribution in [3.63, 3.8) is 0 Å². The number of hydrogen-bond donors (Lipinski definition) is 1. The molecule has 2 rings (SSSR count). The van der Waals surface area contributed by atoms with E-state index in [9.17, 15) is 14.7 Å². The maximum atomic E-state index is 12.1. The quantitative estimate of drug-likeness (QED) is 0.843. The van der Waals surface area contributed by atoms with Crippen LogP contribution in [0.5, 0.6) is 0 Å². The van der Waals surface area contributed by atoms with Crippen molar-refractivity contribution in [2.75, 3.05) is 38.2 Å². The van der Waals surface area contributed by atoms with Crippen molar-refractivity contribution in [3.8, 4) is 0 Å². The zero-order valence-electron chi connectivity index (χ0n) is 13.9. The Morgan fingerprint density at radius 3 is 2.13 bits per heavy atom. The van der Waals surface area contributed by atoms with Crippen LogP contribution in [0, 0.1) is 5.92 Å². The number of anilines is 1. The van der Waals surface area contributed by atoms with E-state index in [-0.39, 0.29) is 17.8 Å².